The second kappa shape index (κ2) is 33.2. The van der Waals surface area contributed by atoms with Crippen molar-refractivity contribution in [1.29, 1.82) is 0 Å². The van der Waals surface area contributed by atoms with Crippen LogP contribution in [0.2, 0.25) is 0 Å². The molecule has 0 bridgehead atoms. The molecule has 0 amide bonds. The molecule has 51 heavy (non-hydrogen) atoms. The highest BCUT2D eigenvalue weighted by Crippen LogP contribution is 2.31. The Hall–Kier alpha value is -2.67. The van der Waals surface area contributed by atoms with Crippen molar-refractivity contribution in [2.75, 3.05) is 34.9 Å². The predicted molar refractivity (Wildman–Crippen MR) is 214 cm³/mol. The molecule has 1 unspecified atom stereocenters. The van der Waals surface area contributed by atoms with Crippen LogP contribution in [-0.4, -0.2) is 63.8 Å². The van der Waals surface area contributed by atoms with Gasteiger partial charge in [0.05, 0.1) is 33.5 Å². The first-order valence-corrected chi connectivity index (χ1v) is 20.1. The summed E-state index contributed by atoms with van der Waals surface area (Å²) in [5.74, 6) is 0.104. The minimum absolute atomic E-state index is 0.0268. The molecule has 294 valence electrons. The molecule has 0 aliphatic heterocycles. The normalized spacial score (nSPS) is 13.0. The Bertz CT molecular complexity index is 940. The topological polar surface area (TPSA) is 82.1 Å². The zero-order valence-corrected chi connectivity index (χ0v) is 33.9. The van der Waals surface area contributed by atoms with Crippen LogP contribution in [0.5, 0.6) is 0 Å². The maximum Gasteiger partial charge on any atom is 0.309 e. The van der Waals surface area contributed by atoms with E-state index in [0.29, 0.717) is 25.2 Å². The molecule has 0 aromatic rings. The van der Waals surface area contributed by atoms with Gasteiger partial charge in [-0.3, -0.25) is 14.4 Å². The number of ether oxygens (including phenoxy) is 3. The van der Waals surface area contributed by atoms with Crippen LogP contribution < -0.4 is 0 Å². The van der Waals surface area contributed by atoms with Crippen molar-refractivity contribution in [1.82, 2.24) is 4.90 Å². The fourth-order valence-corrected chi connectivity index (χ4v) is 6.57. The van der Waals surface area contributed by atoms with Gasteiger partial charge in [0, 0.05) is 6.54 Å². The summed E-state index contributed by atoms with van der Waals surface area (Å²) in [6, 6.07) is 0. The standard InChI is InChI=1S/C44H77NO6/c1-39(38-45(4)5)36-44(2,3)37-43(48)51-40(32-28-24-20-16-12-8-10-14-18-22-26-30-34-41(46)49-6)33-29-25-21-17-13-9-11-15-19-23-27-31-35-42(47)50-7/h14-15,18-19,26-27,30-31,39-40H,8-13,16-17,20-25,28-29,32-38H2,1-7H3/b18-14-,19-15-,30-26-,31-27-. The van der Waals surface area contributed by atoms with E-state index >= 15 is 0 Å². The predicted octanol–water partition coefficient (Wildman–Crippen LogP) is 11.3. The van der Waals surface area contributed by atoms with E-state index in [2.05, 4.69) is 73.5 Å². The molecule has 0 heterocycles. The Morgan fingerprint density at radius 3 is 1.43 bits per heavy atom. The van der Waals surface area contributed by atoms with Gasteiger partial charge in [-0.25, -0.2) is 0 Å². The van der Waals surface area contributed by atoms with Gasteiger partial charge in [-0.2, -0.15) is 0 Å². The third kappa shape index (κ3) is 34.2. The molecular weight excluding hydrogens is 638 g/mol. The monoisotopic (exact) mass is 716 g/mol. The van der Waals surface area contributed by atoms with E-state index in [1.807, 2.05) is 24.3 Å². The number of methoxy groups -OCH3 is 2. The average Bonchev–Trinajstić information content (AvgIpc) is 3.06. The molecular formula is C44H77NO6. The molecule has 0 N–H and O–H groups in total. The van der Waals surface area contributed by atoms with Crippen molar-refractivity contribution in [3.05, 3.63) is 48.6 Å². The first kappa shape index (κ1) is 48.3. The zero-order chi connectivity index (χ0) is 38.0. The van der Waals surface area contributed by atoms with Crippen molar-refractivity contribution in [3.63, 3.8) is 0 Å². The van der Waals surface area contributed by atoms with Crippen molar-refractivity contribution in [2.45, 2.75) is 168 Å². The third-order valence-electron chi connectivity index (χ3n) is 9.03. The minimum Gasteiger partial charge on any atom is -0.469 e. The molecule has 0 saturated carbocycles. The molecule has 0 rings (SSSR count). The van der Waals surface area contributed by atoms with Crippen LogP contribution in [-0.2, 0) is 28.6 Å². The molecule has 0 fully saturated rings. The van der Waals surface area contributed by atoms with E-state index in [1.165, 1.54) is 78.4 Å². The summed E-state index contributed by atoms with van der Waals surface area (Å²) < 4.78 is 15.4. The van der Waals surface area contributed by atoms with E-state index in [9.17, 15) is 14.4 Å². The second-order valence-corrected chi connectivity index (χ2v) is 15.3. The molecule has 7 nitrogen and oxygen atoms in total. The summed E-state index contributed by atoms with van der Waals surface area (Å²) in [6.45, 7) is 7.71. The number of carbonyl (C=O) groups is 3. The molecule has 7 heteroatoms. The number of rotatable bonds is 33. The van der Waals surface area contributed by atoms with Crippen molar-refractivity contribution in [3.8, 4) is 0 Å². The van der Waals surface area contributed by atoms with Gasteiger partial charge >= 0.3 is 17.9 Å². The summed E-state index contributed by atoms with van der Waals surface area (Å²) in [4.78, 5) is 37.6. The Balaban J connectivity index is 4.45. The van der Waals surface area contributed by atoms with Crippen LogP contribution in [0.3, 0.4) is 0 Å². The Morgan fingerprint density at radius 2 is 1.00 bits per heavy atom. The lowest BCUT2D eigenvalue weighted by Gasteiger charge is -2.29. The van der Waals surface area contributed by atoms with Gasteiger partial charge in [0.2, 0.25) is 0 Å². The fourth-order valence-electron chi connectivity index (χ4n) is 6.57. The summed E-state index contributed by atoms with van der Waals surface area (Å²) in [5, 5.41) is 0. The summed E-state index contributed by atoms with van der Waals surface area (Å²) >= 11 is 0. The van der Waals surface area contributed by atoms with Crippen LogP contribution in [0.4, 0.5) is 0 Å². The van der Waals surface area contributed by atoms with E-state index in [1.54, 1.807) is 0 Å². The first-order chi connectivity index (χ1) is 24.5. The molecule has 0 spiro atoms. The van der Waals surface area contributed by atoms with E-state index < -0.39 is 0 Å². The van der Waals surface area contributed by atoms with Crippen molar-refractivity contribution in [2.24, 2.45) is 11.3 Å². The van der Waals surface area contributed by atoms with Gasteiger partial charge in [0.15, 0.2) is 0 Å². The van der Waals surface area contributed by atoms with Crippen LogP contribution in [0.1, 0.15) is 162 Å². The van der Waals surface area contributed by atoms with Crippen LogP contribution >= 0.6 is 0 Å². The third-order valence-corrected chi connectivity index (χ3v) is 9.03. The smallest absolute Gasteiger partial charge is 0.309 e. The number of nitrogens with zero attached hydrogens (tertiary/aromatic N) is 1. The van der Waals surface area contributed by atoms with Crippen LogP contribution in [0.25, 0.3) is 0 Å². The Kier molecular flexibility index (Phi) is 31.4. The van der Waals surface area contributed by atoms with E-state index in [4.69, 9.17) is 4.74 Å². The lowest BCUT2D eigenvalue weighted by molar-refractivity contribution is -0.152. The molecule has 0 aliphatic carbocycles. The lowest BCUT2D eigenvalue weighted by atomic mass is 9.80. The van der Waals surface area contributed by atoms with Gasteiger partial charge < -0.3 is 19.1 Å². The first-order valence-electron chi connectivity index (χ1n) is 20.1. The van der Waals surface area contributed by atoms with E-state index in [0.717, 1.165) is 64.3 Å². The summed E-state index contributed by atoms with van der Waals surface area (Å²) in [6.07, 6.45) is 39.1. The number of allylic oxidation sites excluding steroid dienone is 6. The number of hydrogen-bond donors (Lipinski definition) is 0. The molecule has 1 atom stereocenters. The molecule has 0 aliphatic rings. The van der Waals surface area contributed by atoms with Crippen molar-refractivity contribution < 1.29 is 28.6 Å². The fraction of sp³-hybridized carbons (Fsp3) is 0.750. The highest BCUT2D eigenvalue weighted by molar-refractivity contribution is 5.71. The lowest BCUT2D eigenvalue weighted by Crippen LogP contribution is -2.28. The minimum atomic E-state index is -0.202. The van der Waals surface area contributed by atoms with Gasteiger partial charge in [-0.1, -0.05) is 121 Å². The van der Waals surface area contributed by atoms with Crippen LogP contribution in [0.15, 0.2) is 48.6 Å². The highest BCUT2D eigenvalue weighted by Gasteiger charge is 2.27. The number of unbranched alkanes of at least 4 members (excludes halogenated alkanes) is 12. The van der Waals surface area contributed by atoms with Gasteiger partial charge in [-0.05, 0) is 96.1 Å². The largest absolute Gasteiger partial charge is 0.469 e. The maximum absolute atomic E-state index is 13.1. The second-order valence-electron chi connectivity index (χ2n) is 15.3. The van der Waals surface area contributed by atoms with Crippen LogP contribution in [0, 0.1) is 11.3 Å². The van der Waals surface area contributed by atoms with Gasteiger partial charge in [-0.15, -0.1) is 0 Å². The van der Waals surface area contributed by atoms with Gasteiger partial charge in [0.25, 0.3) is 0 Å². The summed E-state index contributed by atoms with van der Waals surface area (Å²) in [7, 11) is 7.04. The molecule has 0 aromatic heterocycles. The number of hydrogen-bond acceptors (Lipinski definition) is 7. The SMILES string of the molecule is COC(=O)C/C=C\C/C=C\CCCCCCCCC(CCCCCCCC/C=C\C/C=C\CC(=O)OC)OC(=O)CC(C)(C)CC(C)CN(C)C. The number of carbonyl (C=O) groups excluding carboxylic acids is 3. The average molecular weight is 716 g/mol. The van der Waals surface area contributed by atoms with Gasteiger partial charge in [0.1, 0.15) is 6.10 Å². The Morgan fingerprint density at radius 1 is 0.588 bits per heavy atom. The highest BCUT2D eigenvalue weighted by atomic mass is 16.5. The molecule has 0 radical (unpaired) electrons. The molecule has 0 aromatic carbocycles. The molecule has 0 saturated heterocycles. The Labute approximate surface area is 313 Å². The quantitative estimate of drug-likeness (QED) is 0.0289. The summed E-state index contributed by atoms with van der Waals surface area (Å²) in [5.41, 5.74) is -0.0656. The van der Waals surface area contributed by atoms with E-state index in [-0.39, 0.29) is 29.4 Å². The van der Waals surface area contributed by atoms with Crippen molar-refractivity contribution >= 4 is 17.9 Å². The zero-order valence-electron chi connectivity index (χ0n) is 33.9. The number of esters is 3. The maximum atomic E-state index is 13.1.